The van der Waals surface area contributed by atoms with Gasteiger partial charge in [0.15, 0.2) is 0 Å². The maximum Gasteiger partial charge on any atom is 0.252 e. The number of aryl methyl sites for hydroxylation is 1. The molecule has 3 N–H and O–H groups in total. The lowest BCUT2D eigenvalue weighted by Crippen LogP contribution is -2.37. The fourth-order valence-electron chi connectivity index (χ4n) is 2.07. The normalized spacial score (nSPS) is 11.7. The molecular weight excluding hydrogens is 264 g/mol. The molecule has 2 amide bonds. The summed E-state index contributed by atoms with van der Waals surface area (Å²) in [5.41, 5.74) is 7.72. The van der Waals surface area contributed by atoms with Gasteiger partial charge < -0.3 is 11.1 Å². The summed E-state index contributed by atoms with van der Waals surface area (Å²) in [7, 11) is 0. The largest absolute Gasteiger partial charge is 0.368 e. The van der Waals surface area contributed by atoms with Gasteiger partial charge in [0.1, 0.15) is 6.04 Å². The third kappa shape index (κ3) is 3.69. The summed E-state index contributed by atoms with van der Waals surface area (Å²) in [4.78, 5) is 23.8. The van der Waals surface area contributed by atoms with Crippen LogP contribution in [0.5, 0.6) is 0 Å². The number of hydrogen-bond donors (Lipinski definition) is 2. The molecule has 2 rings (SSSR count). The van der Waals surface area contributed by atoms with Gasteiger partial charge in [0.05, 0.1) is 0 Å². The van der Waals surface area contributed by atoms with Crippen molar-refractivity contribution in [2.75, 3.05) is 0 Å². The van der Waals surface area contributed by atoms with Gasteiger partial charge in [-0.1, -0.05) is 49.4 Å². The van der Waals surface area contributed by atoms with Crippen LogP contribution in [0.15, 0.2) is 54.6 Å². The summed E-state index contributed by atoms with van der Waals surface area (Å²) in [6.07, 6.45) is 0.913. The van der Waals surface area contributed by atoms with E-state index in [0.29, 0.717) is 11.1 Å². The number of primary amides is 1. The Morgan fingerprint density at radius 3 is 2.19 bits per heavy atom. The number of nitrogens with two attached hydrogens (primary N) is 1. The van der Waals surface area contributed by atoms with E-state index in [1.807, 2.05) is 25.1 Å². The van der Waals surface area contributed by atoms with E-state index in [1.165, 1.54) is 0 Å². The van der Waals surface area contributed by atoms with Crippen LogP contribution in [0.25, 0.3) is 0 Å². The standard InChI is InChI=1S/C17H18N2O2/c1-2-12-8-10-14(11-9-12)17(21)19-15(16(18)20)13-6-4-3-5-7-13/h3-11,15H,2H2,1H3,(H2,18,20)(H,19,21). The van der Waals surface area contributed by atoms with Crippen molar-refractivity contribution < 1.29 is 9.59 Å². The van der Waals surface area contributed by atoms with Crippen molar-refractivity contribution in [1.29, 1.82) is 0 Å². The van der Waals surface area contributed by atoms with Gasteiger partial charge in [0.2, 0.25) is 5.91 Å². The van der Waals surface area contributed by atoms with Crippen LogP contribution in [-0.2, 0) is 11.2 Å². The number of hydrogen-bond acceptors (Lipinski definition) is 2. The third-order valence-electron chi connectivity index (χ3n) is 3.32. The number of amides is 2. The molecule has 0 spiro atoms. The van der Waals surface area contributed by atoms with E-state index < -0.39 is 11.9 Å². The van der Waals surface area contributed by atoms with Crippen molar-refractivity contribution in [2.45, 2.75) is 19.4 Å². The van der Waals surface area contributed by atoms with Crippen molar-refractivity contribution in [3.8, 4) is 0 Å². The number of nitrogens with one attached hydrogen (secondary N) is 1. The van der Waals surface area contributed by atoms with Gasteiger partial charge in [-0.3, -0.25) is 9.59 Å². The van der Waals surface area contributed by atoms with Gasteiger partial charge in [0, 0.05) is 5.56 Å². The van der Waals surface area contributed by atoms with Crippen LogP contribution in [0.3, 0.4) is 0 Å². The molecule has 0 heterocycles. The molecule has 2 aromatic carbocycles. The highest BCUT2D eigenvalue weighted by Gasteiger charge is 2.20. The summed E-state index contributed by atoms with van der Waals surface area (Å²) < 4.78 is 0. The summed E-state index contributed by atoms with van der Waals surface area (Å²) in [6, 6.07) is 15.4. The first kappa shape index (κ1) is 14.8. The molecule has 0 bridgehead atoms. The summed E-state index contributed by atoms with van der Waals surface area (Å²) >= 11 is 0. The summed E-state index contributed by atoms with van der Waals surface area (Å²) in [5.74, 6) is -0.898. The Kier molecular flexibility index (Phi) is 4.72. The molecule has 0 radical (unpaired) electrons. The molecule has 4 nitrogen and oxygen atoms in total. The lowest BCUT2D eigenvalue weighted by Gasteiger charge is -2.16. The maximum absolute atomic E-state index is 12.2. The van der Waals surface area contributed by atoms with Gasteiger partial charge in [0.25, 0.3) is 5.91 Å². The minimum absolute atomic E-state index is 0.315. The molecule has 0 fully saturated rings. The van der Waals surface area contributed by atoms with E-state index in [1.54, 1.807) is 36.4 Å². The van der Waals surface area contributed by atoms with Crippen LogP contribution in [0.1, 0.15) is 34.5 Å². The Bertz CT molecular complexity index is 621. The second-order valence-electron chi connectivity index (χ2n) is 4.77. The molecule has 21 heavy (non-hydrogen) atoms. The average molecular weight is 282 g/mol. The number of carbonyl (C=O) groups excluding carboxylic acids is 2. The van der Waals surface area contributed by atoms with Gasteiger partial charge >= 0.3 is 0 Å². The number of benzene rings is 2. The zero-order chi connectivity index (χ0) is 15.2. The lowest BCUT2D eigenvalue weighted by atomic mass is 10.1. The van der Waals surface area contributed by atoms with E-state index in [9.17, 15) is 9.59 Å². The molecule has 1 atom stereocenters. The fourth-order valence-corrected chi connectivity index (χ4v) is 2.07. The molecule has 4 heteroatoms. The van der Waals surface area contributed by atoms with Crippen molar-refractivity contribution >= 4 is 11.8 Å². The Morgan fingerprint density at radius 1 is 1.05 bits per heavy atom. The van der Waals surface area contributed by atoms with E-state index in [0.717, 1.165) is 12.0 Å². The van der Waals surface area contributed by atoms with Crippen LogP contribution in [0.4, 0.5) is 0 Å². The van der Waals surface area contributed by atoms with Crippen molar-refractivity contribution in [3.63, 3.8) is 0 Å². The molecule has 0 saturated heterocycles. The Morgan fingerprint density at radius 2 is 1.67 bits per heavy atom. The Hall–Kier alpha value is -2.62. The first-order valence-corrected chi connectivity index (χ1v) is 6.86. The highest BCUT2D eigenvalue weighted by molar-refractivity contribution is 5.97. The second-order valence-corrected chi connectivity index (χ2v) is 4.77. The first-order valence-electron chi connectivity index (χ1n) is 6.86. The average Bonchev–Trinajstić information content (AvgIpc) is 2.53. The highest BCUT2D eigenvalue weighted by atomic mass is 16.2. The molecule has 0 saturated carbocycles. The first-order chi connectivity index (χ1) is 10.1. The maximum atomic E-state index is 12.2. The van der Waals surface area contributed by atoms with E-state index >= 15 is 0 Å². The Balaban J connectivity index is 2.16. The minimum Gasteiger partial charge on any atom is -0.368 e. The molecule has 0 aliphatic rings. The molecule has 1 unspecified atom stereocenters. The quantitative estimate of drug-likeness (QED) is 0.882. The molecular formula is C17H18N2O2. The van der Waals surface area contributed by atoms with Crippen LogP contribution in [0.2, 0.25) is 0 Å². The van der Waals surface area contributed by atoms with Crippen molar-refractivity contribution in [1.82, 2.24) is 5.32 Å². The molecule has 0 aromatic heterocycles. The topological polar surface area (TPSA) is 72.2 Å². The minimum atomic E-state index is -0.829. The van der Waals surface area contributed by atoms with E-state index in [4.69, 9.17) is 5.73 Å². The third-order valence-corrected chi connectivity index (χ3v) is 3.32. The van der Waals surface area contributed by atoms with Gasteiger partial charge in [-0.25, -0.2) is 0 Å². The molecule has 2 aromatic rings. The van der Waals surface area contributed by atoms with Crippen molar-refractivity contribution in [2.24, 2.45) is 5.73 Å². The smallest absolute Gasteiger partial charge is 0.252 e. The van der Waals surface area contributed by atoms with Gasteiger partial charge in [-0.2, -0.15) is 0 Å². The van der Waals surface area contributed by atoms with Gasteiger partial charge in [-0.05, 0) is 29.7 Å². The zero-order valence-corrected chi connectivity index (χ0v) is 11.9. The van der Waals surface area contributed by atoms with Crippen LogP contribution >= 0.6 is 0 Å². The summed E-state index contributed by atoms with van der Waals surface area (Å²) in [5, 5.41) is 2.67. The Labute approximate surface area is 124 Å². The van der Waals surface area contributed by atoms with Crippen molar-refractivity contribution in [3.05, 3.63) is 71.3 Å². The van der Waals surface area contributed by atoms with Crippen LogP contribution < -0.4 is 11.1 Å². The number of carbonyl (C=O) groups is 2. The highest BCUT2D eigenvalue weighted by Crippen LogP contribution is 2.13. The second kappa shape index (κ2) is 6.70. The SMILES string of the molecule is CCc1ccc(C(=O)NC(C(N)=O)c2ccccc2)cc1. The number of rotatable bonds is 5. The zero-order valence-electron chi connectivity index (χ0n) is 11.9. The van der Waals surface area contributed by atoms with Crippen LogP contribution in [0, 0.1) is 0 Å². The monoisotopic (exact) mass is 282 g/mol. The van der Waals surface area contributed by atoms with Gasteiger partial charge in [-0.15, -0.1) is 0 Å². The fraction of sp³-hybridized carbons (Fsp3) is 0.176. The molecule has 0 aliphatic heterocycles. The van der Waals surface area contributed by atoms with E-state index in [2.05, 4.69) is 5.32 Å². The predicted octanol–water partition coefficient (Wildman–Crippen LogP) is 2.21. The van der Waals surface area contributed by atoms with Crippen LogP contribution in [-0.4, -0.2) is 11.8 Å². The summed E-state index contributed by atoms with van der Waals surface area (Å²) in [6.45, 7) is 2.05. The lowest BCUT2D eigenvalue weighted by molar-refractivity contribution is -0.120. The van der Waals surface area contributed by atoms with E-state index in [-0.39, 0.29) is 5.91 Å². The molecule has 0 aliphatic carbocycles. The molecule has 108 valence electrons. The predicted molar refractivity (Wildman–Crippen MR) is 81.7 cm³/mol.